The van der Waals surface area contributed by atoms with Crippen LogP contribution in [0.4, 0.5) is 19.0 Å². The van der Waals surface area contributed by atoms with E-state index >= 15 is 0 Å². The molecule has 242 valence electrons. The van der Waals surface area contributed by atoms with Crippen molar-refractivity contribution in [1.82, 2.24) is 14.3 Å². The summed E-state index contributed by atoms with van der Waals surface area (Å²) in [6.07, 6.45) is -0.444. The molecule has 0 aliphatic rings. The van der Waals surface area contributed by atoms with Crippen LogP contribution in [0.5, 0.6) is 11.5 Å². The van der Waals surface area contributed by atoms with Gasteiger partial charge in [0.2, 0.25) is 5.82 Å². The first-order valence-electron chi connectivity index (χ1n) is 14.9. The van der Waals surface area contributed by atoms with E-state index in [9.17, 15) is 27.6 Å². The van der Waals surface area contributed by atoms with E-state index in [0.29, 0.717) is 30.9 Å². The van der Waals surface area contributed by atoms with Gasteiger partial charge in [0.25, 0.3) is 5.56 Å². The smallest absolute Gasteiger partial charge is 0.389 e. The largest absolute Gasteiger partial charge is 0.493 e. The molecule has 0 atom stereocenters. The number of unbranched alkanes of at least 4 members (excludes halogenated alkanes) is 4. The molecule has 0 saturated heterocycles. The van der Waals surface area contributed by atoms with E-state index in [1.165, 1.54) is 16.6 Å². The van der Waals surface area contributed by atoms with Crippen LogP contribution in [0.25, 0.3) is 0 Å². The molecule has 13 heteroatoms. The SMILES string of the molecule is CCCCCCCn1nc(N(CCCOc2cccc(OC(C)(C)C(=O)OCC)c2)CCCC(F)(F)F)c(=O)n(C)c1=O. The number of rotatable bonds is 19. The van der Waals surface area contributed by atoms with E-state index in [0.717, 1.165) is 30.3 Å². The van der Waals surface area contributed by atoms with Crippen molar-refractivity contribution in [3.8, 4) is 11.5 Å². The van der Waals surface area contributed by atoms with Gasteiger partial charge in [0, 0.05) is 39.2 Å². The highest BCUT2D eigenvalue weighted by Gasteiger charge is 2.31. The van der Waals surface area contributed by atoms with Gasteiger partial charge in [-0.25, -0.2) is 14.3 Å². The monoisotopic (exact) mass is 614 g/mol. The lowest BCUT2D eigenvalue weighted by Crippen LogP contribution is -2.44. The van der Waals surface area contributed by atoms with Crippen LogP contribution < -0.4 is 25.6 Å². The zero-order valence-corrected chi connectivity index (χ0v) is 25.9. The summed E-state index contributed by atoms with van der Waals surface area (Å²) in [4.78, 5) is 39.3. The fourth-order valence-electron chi connectivity index (χ4n) is 4.33. The topological polar surface area (TPSA) is 105 Å². The Morgan fingerprint density at radius 1 is 0.977 bits per heavy atom. The van der Waals surface area contributed by atoms with Gasteiger partial charge in [0.05, 0.1) is 13.2 Å². The molecule has 1 heterocycles. The quantitative estimate of drug-likeness (QED) is 0.156. The van der Waals surface area contributed by atoms with Gasteiger partial charge in [-0.3, -0.25) is 9.36 Å². The highest BCUT2D eigenvalue weighted by atomic mass is 19.4. The third kappa shape index (κ3) is 11.9. The van der Waals surface area contributed by atoms with Gasteiger partial charge in [-0.05, 0) is 52.2 Å². The van der Waals surface area contributed by atoms with Crippen molar-refractivity contribution in [2.75, 3.05) is 31.2 Å². The average molecular weight is 615 g/mol. The number of aryl methyl sites for hydroxylation is 1. The van der Waals surface area contributed by atoms with Crippen molar-refractivity contribution < 1.29 is 32.2 Å². The Bertz CT molecular complexity index is 1280. The van der Waals surface area contributed by atoms with Gasteiger partial charge in [-0.15, -0.1) is 5.10 Å². The van der Waals surface area contributed by atoms with Crippen molar-refractivity contribution in [2.45, 2.75) is 97.4 Å². The maximum atomic E-state index is 13.0. The molecule has 0 aliphatic carbocycles. The second kappa shape index (κ2) is 17.0. The predicted molar refractivity (Wildman–Crippen MR) is 158 cm³/mol. The van der Waals surface area contributed by atoms with Gasteiger partial charge in [0.15, 0.2) is 5.60 Å². The Hall–Kier alpha value is -3.51. The zero-order chi connectivity index (χ0) is 32.0. The third-order valence-electron chi connectivity index (χ3n) is 6.67. The van der Waals surface area contributed by atoms with Crippen molar-refractivity contribution in [1.29, 1.82) is 0 Å². The fourth-order valence-corrected chi connectivity index (χ4v) is 4.33. The molecule has 0 unspecified atom stereocenters. The Labute approximate surface area is 250 Å². The van der Waals surface area contributed by atoms with E-state index in [1.54, 1.807) is 45.0 Å². The number of carbonyl (C=O) groups is 1. The first-order valence-corrected chi connectivity index (χ1v) is 14.9. The predicted octanol–water partition coefficient (Wildman–Crippen LogP) is 5.25. The van der Waals surface area contributed by atoms with E-state index in [2.05, 4.69) is 12.0 Å². The Balaban J connectivity index is 2.13. The number of alkyl halides is 3. The lowest BCUT2D eigenvalue weighted by Gasteiger charge is -2.25. The Kier molecular flexibility index (Phi) is 14.1. The molecule has 0 saturated carbocycles. The molecule has 0 bridgehead atoms. The maximum Gasteiger partial charge on any atom is 0.389 e. The van der Waals surface area contributed by atoms with Crippen LogP contribution in [-0.2, 0) is 23.1 Å². The molecule has 0 amide bonds. The summed E-state index contributed by atoms with van der Waals surface area (Å²) in [6.45, 7) is 7.84. The summed E-state index contributed by atoms with van der Waals surface area (Å²) in [5.41, 5.74) is -2.43. The summed E-state index contributed by atoms with van der Waals surface area (Å²) < 4.78 is 57.6. The van der Waals surface area contributed by atoms with Gasteiger partial charge < -0.3 is 19.1 Å². The number of ether oxygens (including phenoxy) is 3. The molecular weight excluding hydrogens is 569 g/mol. The molecule has 10 nitrogen and oxygen atoms in total. The lowest BCUT2D eigenvalue weighted by molar-refractivity contribution is -0.158. The van der Waals surface area contributed by atoms with Crippen molar-refractivity contribution >= 4 is 11.8 Å². The maximum absolute atomic E-state index is 13.0. The number of aromatic nitrogens is 3. The normalized spacial score (nSPS) is 11.8. The Morgan fingerprint density at radius 3 is 2.33 bits per heavy atom. The van der Waals surface area contributed by atoms with Crippen molar-refractivity contribution in [3.05, 3.63) is 45.1 Å². The summed E-state index contributed by atoms with van der Waals surface area (Å²) >= 11 is 0. The van der Waals surface area contributed by atoms with Crippen LogP contribution in [0.2, 0.25) is 0 Å². The summed E-state index contributed by atoms with van der Waals surface area (Å²) in [5.74, 6) is 0.296. The van der Waals surface area contributed by atoms with E-state index in [1.807, 2.05) is 0 Å². The fraction of sp³-hybridized carbons (Fsp3) is 0.667. The van der Waals surface area contributed by atoms with Crippen molar-refractivity contribution in [3.63, 3.8) is 0 Å². The first-order chi connectivity index (χ1) is 20.3. The molecule has 0 fully saturated rings. The van der Waals surface area contributed by atoms with E-state index < -0.39 is 35.4 Å². The number of nitrogens with zero attached hydrogens (tertiary/aromatic N) is 4. The van der Waals surface area contributed by atoms with E-state index in [4.69, 9.17) is 14.2 Å². The molecule has 0 N–H and O–H groups in total. The summed E-state index contributed by atoms with van der Waals surface area (Å²) in [7, 11) is 1.35. The van der Waals surface area contributed by atoms with Crippen LogP contribution in [0.15, 0.2) is 33.9 Å². The van der Waals surface area contributed by atoms with E-state index in [-0.39, 0.29) is 38.5 Å². The van der Waals surface area contributed by atoms with Gasteiger partial charge in [-0.2, -0.15) is 13.2 Å². The average Bonchev–Trinajstić information content (AvgIpc) is 2.93. The van der Waals surface area contributed by atoms with Crippen LogP contribution in [-0.4, -0.2) is 58.4 Å². The molecule has 0 spiro atoms. The van der Waals surface area contributed by atoms with Crippen LogP contribution in [0.3, 0.4) is 0 Å². The van der Waals surface area contributed by atoms with Gasteiger partial charge in [-0.1, -0.05) is 38.7 Å². The molecule has 2 aromatic rings. The summed E-state index contributed by atoms with van der Waals surface area (Å²) in [5, 5.41) is 4.30. The molecule has 2 rings (SSSR count). The standard InChI is InChI=1S/C30H45F3N4O6/c1-6-8-9-10-11-20-37-28(40)35(5)26(38)25(34-37)36(18-13-17-30(31,32)33)19-14-21-42-23-15-12-16-24(22-23)43-29(3,4)27(39)41-7-2/h12,15-16,22H,6-11,13-14,17-21H2,1-5H3. The lowest BCUT2D eigenvalue weighted by atomic mass is 10.1. The highest BCUT2D eigenvalue weighted by Crippen LogP contribution is 2.25. The third-order valence-corrected chi connectivity index (χ3v) is 6.67. The molecule has 0 radical (unpaired) electrons. The van der Waals surface area contributed by atoms with Crippen LogP contribution >= 0.6 is 0 Å². The Morgan fingerprint density at radius 2 is 1.65 bits per heavy atom. The summed E-state index contributed by atoms with van der Waals surface area (Å²) in [6, 6.07) is 6.71. The second-order valence-corrected chi connectivity index (χ2v) is 10.8. The molecular formula is C30H45F3N4O6. The van der Waals surface area contributed by atoms with Crippen molar-refractivity contribution in [2.24, 2.45) is 7.05 Å². The van der Waals surface area contributed by atoms with Crippen LogP contribution in [0, 0.1) is 0 Å². The molecule has 1 aromatic carbocycles. The number of benzene rings is 1. The molecule has 43 heavy (non-hydrogen) atoms. The van der Waals surface area contributed by atoms with Crippen LogP contribution in [0.1, 0.15) is 79.1 Å². The number of anilines is 1. The van der Waals surface area contributed by atoms with Gasteiger partial charge >= 0.3 is 17.8 Å². The number of halogens is 3. The zero-order valence-electron chi connectivity index (χ0n) is 25.9. The number of carbonyl (C=O) groups excluding carboxylic acids is 1. The molecule has 0 aliphatic heterocycles. The minimum atomic E-state index is -4.33. The first kappa shape index (κ1) is 35.7. The van der Waals surface area contributed by atoms with Gasteiger partial charge in [0.1, 0.15) is 11.5 Å². The number of esters is 1. The number of hydrogen-bond acceptors (Lipinski definition) is 8. The second-order valence-electron chi connectivity index (χ2n) is 10.8. The highest BCUT2D eigenvalue weighted by molar-refractivity contribution is 5.79. The number of hydrogen-bond donors (Lipinski definition) is 0. The minimum Gasteiger partial charge on any atom is -0.493 e. The minimum absolute atomic E-state index is 0.0607. The molecule has 1 aromatic heterocycles.